The number of aliphatic carboxylic acids is 1. The molecule has 0 radical (unpaired) electrons. The van der Waals surface area contributed by atoms with Crippen molar-refractivity contribution in [1.82, 2.24) is 25.8 Å². The summed E-state index contributed by atoms with van der Waals surface area (Å²) in [6.07, 6.45) is 2.61. The summed E-state index contributed by atoms with van der Waals surface area (Å²) in [5, 5.41) is 17.7. The van der Waals surface area contributed by atoms with E-state index in [-0.39, 0.29) is 23.7 Å². The second-order valence-corrected chi connectivity index (χ2v) is 13.1. The van der Waals surface area contributed by atoms with Gasteiger partial charge >= 0.3 is 5.97 Å². The molecule has 0 aliphatic carbocycles. The molecule has 13 nitrogen and oxygen atoms in total. The maximum absolute atomic E-state index is 13.6. The van der Waals surface area contributed by atoms with E-state index < -0.39 is 65.8 Å². The Kier molecular flexibility index (Phi) is 13.4. The van der Waals surface area contributed by atoms with Gasteiger partial charge in [0.25, 0.3) is 0 Å². The van der Waals surface area contributed by atoms with Gasteiger partial charge in [0.1, 0.15) is 30.2 Å². The van der Waals surface area contributed by atoms with E-state index in [1.54, 1.807) is 0 Å². The van der Waals surface area contributed by atoms with Crippen LogP contribution >= 0.6 is 0 Å². The van der Waals surface area contributed by atoms with E-state index in [2.05, 4.69) is 16.0 Å². The van der Waals surface area contributed by atoms with Gasteiger partial charge in [0.05, 0.1) is 6.04 Å². The van der Waals surface area contributed by atoms with Crippen molar-refractivity contribution in [2.75, 3.05) is 13.1 Å². The first-order valence-corrected chi connectivity index (χ1v) is 15.6. The largest absolute Gasteiger partial charge is 0.480 e. The monoisotopic (exact) mass is 608 g/mol. The van der Waals surface area contributed by atoms with Gasteiger partial charge in [-0.2, -0.15) is 0 Å². The van der Waals surface area contributed by atoms with E-state index in [1.165, 1.54) is 16.7 Å². The van der Waals surface area contributed by atoms with E-state index in [9.17, 15) is 33.9 Å². The number of likely N-dealkylation sites (tertiary alicyclic amines) is 2. The summed E-state index contributed by atoms with van der Waals surface area (Å²) in [6.45, 7) is 13.4. The molecular formula is C30H52N6O7. The van der Waals surface area contributed by atoms with Crippen LogP contribution in [0.25, 0.3) is 0 Å². The lowest BCUT2D eigenvalue weighted by Crippen LogP contribution is -2.58. The minimum Gasteiger partial charge on any atom is -0.480 e. The van der Waals surface area contributed by atoms with Gasteiger partial charge in [0.2, 0.25) is 29.5 Å². The number of nitrogens with zero attached hydrogens (tertiary/aromatic N) is 2. The SMILES string of the molecule is CC(C)C[C@H](NC(=O)[C@H](C)NC(=O)[C@@H]1CCCN1C(=O)[C@H](CC(C)C)NC(=O)[C@@H](N)C(C)C)C(=O)N1CCC[C@H]1C(=O)O. The van der Waals surface area contributed by atoms with Gasteiger partial charge in [-0.1, -0.05) is 41.5 Å². The van der Waals surface area contributed by atoms with Crippen LogP contribution in [0.5, 0.6) is 0 Å². The molecule has 2 aliphatic rings. The topological polar surface area (TPSA) is 191 Å². The van der Waals surface area contributed by atoms with Crippen LogP contribution in [0.15, 0.2) is 0 Å². The van der Waals surface area contributed by atoms with Crippen molar-refractivity contribution in [2.24, 2.45) is 23.5 Å². The predicted octanol–water partition coefficient (Wildman–Crippen LogP) is 0.603. The molecule has 2 fully saturated rings. The number of carbonyl (C=O) groups excluding carboxylic acids is 5. The van der Waals surface area contributed by atoms with Gasteiger partial charge in [-0.3, -0.25) is 24.0 Å². The van der Waals surface area contributed by atoms with Crippen LogP contribution in [0.4, 0.5) is 0 Å². The molecule has 2 saturated heterocycles. The van der Waals surface area contributed by atoms with Crippen LogP contribution < -0.4 is 21.7 Å². The zero-order chi connectivity index (χ0) is 32.6. The second kappa shape index (κ2) is 16.0. The van der Waals surface area contributed by atoms with Gasteiger partial charge in [0.15, 0.2) is 0 Å². The summed E-state index contributed by atoms with van der Waals surface area (Å²) in [5.74, 6) is -3.38. The number of carbonyl (C=O) groups is 6. The van der Waals surface area contributed by atoms with E-state index in [4.69, 9.17) is 5.73 Å². The maximum Gasteiger partial charge on any atom is 0.326 e. The number of carboxylic acid groups (broad SMARTS) is 1. The Balaban J connectivity index is 2.10. The Hall–Kier alpha value is -3.22. The molecule has 2 rings (SSSR count). The van der Waals surface area contributed by atoms with Gasteiger partial charge < -0.3 is 36.6 Å². The molecule has 2 heterocycles. The highest BCUT2D eigenvalue weighted by molar-refractivity contribution is 5.96. The summed E-state index contributed by atoms with van der Waals surface area (Å²) >= 11 is 0. The lowest BCUT2D eigenvalue weighted by molar-refractivity contribution is -0.149. The van der Waals surface area contributed by atoms with Gasteiger partial charge in [0, 0.05) is 13.1 Å². The van der Waals surface area contributed by atoms with Gasteiger partial charge in [-0.05, 0) is 63.2 Å². The number of nitrogens with one attached hydrogen (secondary N) is 3. The van der Waals surface area contributed by atoms with Crippen molar-refractivity contribution in [1.29, 1.82) is 0 Å². The average Bonchev–Trinajstić information content (AvgIpc) is 3.60. The number of rotatable bonds is 14. The minimum absolute atomic E-state index is 0.0393. The molecule has 0 saturated carbocycles. The van der Waals surface area contributed by atoms with Crippen molar-refractivity contribution in [3.05, 3.63) is 0 Å². The minimum atomic E-state index is -1.07. The van der Waals surface area contributed by atoms with E-state index >= 15 is 0 Å². The third-order valence-corrected chi connectivity index (χ3v) is 8.08. The summed E-state index contributed by atoms with van der Waals surface area (Å²) in [5.41, 5.74) is 6.00. The van der Waals surface area contributed by atoms with E-state index in [0.29, 0.717) is 51.6 Å². The normalized spacial score (nSPS) is 21.5. The molecule has 0 unspecified atom stereocenters. The van der Waals surface area contributed by atoms with Gasteiger partial charge in [-0.25, -0.2) is 4.79 Å². The molecule has 0 aromatic rings. The zero-order valence-corrected chi connectivity index (χ0v) is 26.7. The van der Waals surface area contributed by atoms with Crippen molar-refractivity contribution in [3.8, 4) is 0 Å². The molecule has 0 aromatic carbocycles. The van der Waals surface area contributed by atoms with Crippen LogP contribution in [-0.2, 0) is 28.8 Å². The highest BCUT2D eigenvalue weighted by atomic mass is 16.4. The third kappa shape index (κ3) is 9.90. The van der Waals surface area contributed by atoms with Crippen LogP contribution in [0, 0.1) is 17.8 Å². The Morgan fingerprint density at radius 1 is 0.721 bits per heavy atom. The molecule has 2 aliphatic heterocycles. The maximum atomic E-state index is 13.6. The van der Waals surface area contributed by atoms with Crippen molar-refractivity contribution in [2.45, 2.75) is 123 Å². The van der Waals surface area contributed by atoms with E-state index in [1.807, 2.05) is 41.5 Å². The standard InChI is InChI=1S/C30H52N6O7/c1-16(2)14-20(29(41)36-13-9-11-23(36)30(42)43)33-25(37)19(7)32-26(38)22-10-8-12-35(22)28(40)21(15-17(3)4)34-27(39)24(31)18(5)6/h16-24H,8-15,31H2,1-7H3,(H,32,38)(H,33,37)(H,34,39)(H,42,43)/t19-,20-,21-,22-,23-,24-/m0/s1. The predicted molar refractivity (Wildman–Crippen MR) is 160 cm³/mol. The molecular weight excluding hydrogens is 556 g/mol. The van der Waals surface area contributed by atoms with Crippen LogP contribution in [0.2, 0.25) is 0 Å². The first-order chi connectivity index (χ1) is 20.0. The van der Waals surface area contributed by atoms with Crippen molar-refractivity contribution in [3.63, 3.8) is 0 Å². The molecule has 0 bridgehead atoms. The number of hydrogen-bond acceptors (Lipinski definition) is 7. The summed E-state index contributed by atoms with van der Waals surface area (Å²) in [4.78, 5) is 80.4. The number of amides is 5. The number of carboxylic acids is 1. The lowest BCUT2D eigenvalue weighted by Gasteiger charge is -2.31. The Bertz CT molecular complexity index is 1030. The highest BCUT2D eigenvalue weighted by Gasteiger charge is 2.40. The lowest BCUT2D eigenvalue weighted by atomic mass is 10.00. The van der Waals surface area contributed by atoms with E-state index in [0.717, 1.165) is 0 Å². The Labute approximate surface area is 255 Å². The van der Waals surface area contributed by atoms with Crippen LogP contribution in [0.1, 0.15) is 87.0 Å². The number of hydrogen-bond donors (Lipinski definition) is 5. The number of nitrogens with two attached hydrogens (primary N) is 1. The quantitative estimate of drug-likeness (QED) is 0.189. The molecule has 0 aromatic heterocycles. The Morgan fingerprint density at radius 3 is 1.60 bits per heavy atom. The van der Waals surface area contributed by atoms with Crippen molar-refractivity contribution < 1.29 is 33.9 Å². The van der Waals surface area contributed by atoms with Crippen LogP contribution in [0.3, 0.4) is 0 Å². The fraction of sp³-hybridized carbons (Fsp3) is 0.800. The fourth-order valence-corrected chi connectivity index (χ4v) is 5.62. The van der Waals surface area contributed by atoms with Crippen molar-refractivity contribution >= 4 is 35.5 Å². The second-order valence-electron chi connectivity index (χ2n) is 13.1. The fourth-order valence-electron chi connectivity index (χ4n) is 5.62. The molecule has 6 N–H and O–H groups in total. The molecule has 6 atom stereocenters. The third-order valence-electron chi connectivity index (χ3n) is 8.08. The van der Waals surface area contributed by atoms with Gasteiger partial charge in [-0.15, -0.1) is 0 Å². The molecule has 43 heavy (non-hydrogen) atoms. The first kappa shape index (κ1) is 36.0. The molecule has 5 amide bonds. The smallest absolute Gasteiger partial charge is 0.326 e. The molecule has 0 spiro atoms. The Morgan fingerprint density at radius 2 is 1.16 bits per heavy atom. The summed E-state index contributed by atoms with van der Waals surface area (Å²) in [6, 6.07) is -5.30. The molecule has 13 heteroatoms. The average molecular weight is 609 g/mol. The highest BCUT2D eigenvalue weighted by Crippen LogP contribution is 2.22. The van der Waals surface area contributed by atoms with Crippen LogP contribution in [-0.4, -0.2) is 99.8 Å². The first-order valence-electron chi connectivity index (χ1n) is 15.6. The summed E-state index contributed by atoms with van der Waals surface area (Å²) in [7, 11) is 0. The molecule has 244 valence electrons. The zero-order valence-electron chi connectivity index (χ0n) is 26.7. The summed E-state index contributed by atoms with van der Waals surface area (Å²) < 4.78 is 0.